The number of benzene rings is 2. The molecule has 1 aromatic heterocycles. The van der Waals surface area contributed by atoms with Crippen LogP contribution in [0.1, 0.15) is 33.9 Å². The van der Waals surface area contributed by atoms with Gasteiger partial charge in [-0.1, -0.05) is 35.6 Å². The second kappa shape index (κ2) is 8.96. The van der Waals surface area contributed by atoms with Crippen molar-refractivity contribution in [2.24, 2.45) is 0 Å². The molecule has 152 valence electrons. The Hall–Kier alpha value is -3.06. The number of nitrogens with one attached hydrogen (secondary N) is 1. The molecule has 0 saturated heterocycles. The molecule has 1 atom stereocenters. The van der Waals surface area contributed by atoms with Gasteiger partial charge in [0.15, 0.2) is 16.6 Å². The van der Waals surface area contributed by atoms with Gasteiger partial charge in [-0.3, -0.25) is 4.79 Å². The van der Waals surface area contributed by atoms with Crippen LogP contribution in [0.5, 0.6) is 11.5 Å². The van der Waals surface area contributed by atoms with Crippen molar-refractivity contribution < 1.29 is 14.3 Å². The van der Waals surface area contributed by atoms with E-state index in [0.717, 1.165) is 16.4 Å². The summed E-state index contributed by atoms with van der Waals surface area (Å²) in [5, 5.41) is 3.83. The van der Waals surface area contributed by atoms with Crippen molar-refractivity contribution in [1.29, 1.82) is 0 Å². The molecule has 1 heterocycles. The van der Waals surface area contributed by atoms with Crippen LogP contribution in [-0.2, 0) is 0 Å². The minimum Gasteiger partial charge on any atom is -0.493 e. The SMILES string of the molecule is COc1ccc([C@H](C)NC(=O)c2sc(N(C)c3ccccc3)nc2C)cc1OC. The van der Waals surface area contributed by atoms with Gasteiger partial charge in [0, 0.05) is 12.7 Å². The number of carbonyl (C=O) groups excluding carboxylic acids is 1. The molecule has 0 aliphatic heterocycles. The summed E-state index contributed by atoms with van der Waals surface area (Å²) in [6.07, 6.45) is 0. The Morgan fingerprint density at radius 3 is 2.45 bits per heavy atom. The monoisotopic (exact) mass is 411 g/mol. The summed E-state index contributed by atoms with van der Waals surface area (Å²) in [5.74, 6) is 1.14. The standard InChI is InChI=1S/C22H25N3O3S/c1-14(16-11-12-18(27-4)19(13-16)28-5)23-21(26)20-15(2)24-22(29-20)25(3)17-9-7-6-8-10-17/h6-14H,1-5H3,(H,23,26)/t14-/m0/s1. The molecular formula is C22H25N3O3S. The number of para-hydroxylation sites is 1. The Balaban J connectivity index is 1.76. The lowest BCUT2D eigenvalue weighted by Crippen LogP contribution is -2.26. The number of methoxy groups -OCH3 is 2. The molecule has 0 aliphatic rings. The molecule has 2 aromatic carbocycles. The molecule has 0 aliphatic carbocycles. The summed E-state index contributed by atoms with van der Waals surface area (Å²) in [6, 6.07) is 15.4. The normalized spacial score (nSPS) is 11.6. The summed E-state index contributed by atoms with van der Waals surface area (Å²) in [5.41, 5.74) is 2.66. The minimum absolute atomic E-state index is 0.144. The summed E-state index contributed by atoms with van der Waals surface area (Å²) in [7, 11) is 5.14. The van der Waals surface area contributed by atoms with Crippen molar-refractivity contribution in [3.05, 3.63) is 64.7 Å². The highest BCUT2D eigenvalue weighted by Crippen LogP contribution is 2.32. The highest BCUT2D eigenvalue weighted by atomic mass is 32.1. The van der Waals surface area contributed by atoms with Gasteiger partial charge in [0.2, 0.25) is 0 Å². The van der Waals surface area contributed by atoms with Crippen molar-refractivity contribution in [1.82, 2.24) is 10.3 Å². The highest BCUT2D eigenvalue weighted by molar-refractivity contribution is 7.17. The average molecular weight is 412 g/mol. The van der Waals surface area contributed by atoms with E-state index in [0.29, 0.717) is 22.1 Å². The molecule has 1 N–H and O–H groups in total. The molecule has 0 unspecified atom stereocenters. The second-order valence-electron chi connectivity index (χ2n) is 6.62. The maximum Gasteiger partial charge on any atom is 0.263 e. The zero-order valence-electron chi connectivity index (χ0n) is 17.2. The molecule has 0 saturated carbocycles. The molecule has 29 heavy (non-hydrogen) atoms. The number of nitrogens with zero attached hydrogens (tertiary/aromatic N) is 2. The van der Waals surface area contributed by atoms with E-state index in [1.54, 1.807) is 14.2 Å². The van der Waals surface area contributed by atoms with E-state index in [4.69, 9.17) is 9.47 Å². The van der Waals surface area contributed by atoms with Crippen LogP contribution in [0.15, 0.2) is 48.5 Å². The summed E-state index contributed by atoms with van der Waals surface area (Å²) >= 11 is 1.38. The molecule has 1 amide bonds. The van der Waals surface area contributed by atoms with Crippen LogP contribution < -0.4 is 19.7 Å². The molecule has 0 bridgehead atoms. The Morgan fingerprint density at radius 2 is 1.79 bits per heavy atom. The number of carbonyl (C=O) groups is 1. The van der Waals surface area contributed by atoms with Gasteiger partial charge >= 0.3 is 0 Å². The van der Waals surface area contributed by atoms with Crippen molar-refractivity contribution in [2.75, 3.05) is 26.2 Å². The van der Waals surface area contributed by atoms with E-state index in [9.17, 15) is 4.79 Å². The predicted octanol–water partition coefficient (Wildman–Crippen LogP) is 4.73. The third-order valence-electron chi connectivity index (χ3n) is 4.68. The smallest absolute Gasteiger partial charge is 0.263 e. The third-order valence-corrected chi connectivity index (χ3v) is 5.91. The van der Waals surface area contributed by atoms with E-state index in [2.05, 4.69) is 10.3 Å². The number of hydrogen-bond donors (Lipinski definition) is 1. The number of hydrogen-bond acceptors (Lipinski definition) is 6. The first-order chi connectivity index (χ1) is 13.9. The maximum atomic E-state index is 12.9. The van der Waals surface area contributed by atoms with E-state index in [1.165, 1.54) is 11.3 Å². The summed E-state index contributed by atoms with van der Waals surface area (Å²) in [6.45, 7) is 3.79. The molecule has 3 rings (SSSR count). The average Bonchev–Trinajstić information content (AvgIpc) is 3.14. The fourth-order valence-corrected chi connectivity index (χ4v) is 3.92. The number of aromatic nitrogens is 1. The van der Waals surface area contributed by atoms with Gasteiger partial charge in [-0.2, -0.15) is 0 Å². The number of anilines is 2. The lowest BCUT2D eigenvalue weighted by Gasteiger charge is -2.16. The van der Waals surface area contributed by atoms with Crippen LogP contribution in [-0.4, -0.2) is 32.2 Å². The van der Waals surface area contributed by atoms with Crippen molar-refractivity contribution >= 4 is 28.1 Å². The first kappa shape index (κ1) is 20.7. The number of thiazole rings is 1. The van der Waals surface area contributed by atoms with Crippen LogP contribution in [0.2, 0.25) is 0 Å². The zero-order valence-corrected chi connectivity index (χ0v) is 18.0. The topological polar surface area (TPSA) is 63.7 Å². The van der Waals surface area contributed by atoms with Crippen LogP contribution in [0.4, 0.5) is 10.8 Å². The maximum absolute atomic E-state index is 12.9. The lowest BCUT2D eigenvalue weighted by atomic mass is 10.1. The van der Waals surface area contributed by atoms with E-state index in [-0.39, 0.29) is 11.9 Å². The van der Waals surface area contributed by atoms with Gasteiger partial charge in [-0.15, -0.1) is 0 Å². The fourth-order valence-electron chi connectivity index (χ4n) is 2.97. The zero-order chi connectivity index (χ0) is 21.0. The first-order valence-electron chi connectivity index (χ1n) is 9.23. The lowest BCUT2D eigenvalue weighted by molar-refractivity contribution is 0.0943. The van der Waals surface area contributed by atoms with Crippen molar-refractivity contribution in [2.45, 2.75) is 19.9 Å². The fraction of sp³-hybridized carbons (Fsp3) is 0.273. The van der Waals surface area contributed by atoms with Crippen molar-refractivity contribution in [3.8, 4) is 11.5 Å². The predicted molar refractivity (Wildman–Crippen MR) is 117 cm³/mol. The molecule has 3 aromatic rings. The number of aryl methyl sites for hydroxylation is 1. The van der Waals surface area contributed by atoms with Crippen LogP contribution >= 0.6 is 11.3 Å². The third kappa shape index (κ3) is 4.51. The Bertz CT molecular complexity index is 988. The quantitative estimate of drug-likeness (QED) is 0.609. The molecule has 0 spiro atoms. The van der Waals surface area contributed by atoms with Crippen LogP contribution in [0.25, 0.3) is 0 Å². The van der Waals surface area contributed by atoms with Crippen LogP contribution in [0, 0.1) is 6.92 Å². The van der Waals surface area contributed by atoms with Crippen LogP contribution in [0.3, 0.4) is 0 Å². The van der Waals surface area contributed by atoms with Gasteiger partial charge in [-0.25, -0.2) is 4.98 Å². The molecule has 6 nitrogen and oxygen atoms in total. The number of rotatable bonds is 7. The summed E-state index contributed by atoms with van der Waals surface area (Å²) < 4.78 is 10.6. The highest BCUT2D eigenvalue weighted by Gasteiger charge is 2.20. The van der Waals surface area contributed by atoms with Gasteiger partial charge < -0.3 is 19.7 Å². The number of ether oxygens (including phenoxy) is 2. The molecule has 7 heteroatoms. The summed E-state index contributed by atoms with van der Waals surface area (Å²) in [4.78, 5) is 20.1. The van der Waals surface area contributed by atoms with Gasteiger partial charge in [0.1, 0.15) is 4.88 Å². The van der Waals surface area contributed by atoms with E-state index in [1.807, 2.05) is 74.3 Å². The molecule has 0 fully saturated rings. The van der Waals surface area contributed by atoms with Gasteiger partial charge in [0.05, 0.1) is 26.0 Å². The van der Waals surface area contributed by atoms with E-state index >= 15 is 0 Å². The van der Waals surface area contributed by atoms with E-state index < -0.39 is 0 Å². The van der Waals surface area contributed by atoms with Gasteiger partial charge in [-0.05, 0) is 43.7 Å². The van der Waals surface area contributed by atoms with Gasteiger partial charge in [0.25, 0.3) is 5.91 Å². The molecule has 0 radical (unpaired) electrons. The Morgan fingerprint density at radius 1 is 1.10 bits per heavy atom. The Labute approximate surface area is 175 Å². The second-order valence-corrected chi connectivity index (χ2v) is 7.59. The molecular weight excluding hydrogens is 386 g/mol. The number of amides is 1. The minimum atomic E-state index is -0.195. The van der Waals surface area contributed by atoms with Crippen molar-refractivity contribution in [3.63, 3.8) is 0 Å². The Kier molecular flexibility index (Phi) is 6.39. The first-order valence-corrected chi connectivity index (χ1v) is 10.0. The largest absolute Gasteiger partial charge is 0.493 e.